The fourth-order valence-electron chi connectivity index (χ4n) is 2.95. The van der Waals surface area contributed by atoms with Crippen LogP contribution in [0, 0.1) is 6.92 Å². The van der Waals surface area contributed by atoms with Crippen molar-refractivity contribution in [3.63, 3.8) is 0 Å². The Hall–Kier alpha value is -2.13. The molecule has 0 saturated carbocycles. The van der Waals surface area contributed by atoms with Crippen molar-refractivity contribution in [3.05, 3.63) is 44.5 Å². The minimum absolute atomic E-state index is 0.400. The third-order valence-electron chi connectivity index (χ3n) is 4.08. The molecular formula is C18H20Br2N6O. The van der Waals surface area contributed by atoms with E-state index in [1.165, 1.54) is 0 Å². The Bertz CT molecular complexity index is 981. The van der Waals surface area contributed by atoms with Gasteiger partial charge in [0, 0.05) is 21.4 Å². The van der Waals surface area contributed by atoms with Crippen LogP contribution in [0.5, 0.6) is 0 Å². The van der Waals surface area contributed by atoms with Gasteiger partial charge in [-0.1, -0.05) is 19.4 Å². The van der Waals surface area contributed by atoms with Gasteiger partial charge in [0.1, 0.15) is 5.82 Å². The maximum atomic E-state index is 12.3. The number of nitrogens with one attached hydrogen (secondary N) is 3. The minimum atomic E-state index is -0.400. The summed E-state index contributed by atoms with van der Waals surface area (Å²) in [7, 11) is 1.87. The number of nitrogens with zero attached hydrogens (tertiary/aromatic N) is 3. The lowest BCUT2D eigenvalue weighted by Gasteiger charge is -2.13. The van der Waals surface area contributed by atoms with Crippen molar-refractivity contribution in [2.24, 2.45) is 7.05 Å². The number of aryl methyl sites for hydroxylation is 3. The number of benzene rings is 1. The summed E-state index contributed by atoms with van der Waals surface area (Å²) >= 11 is 6.84. The number of hydrogen-bond acceptors (Lipinski definition) is 4. The Balaban J connectivity index is 1.78. The van der Waals surface area contributed by atoms with Crippen molar-refractivity contribution in [1.29, 1.82) is 0 Å². The van der Waals surface area contributed by atoms with Gasteiger partial charge in [-0.05, 0) is 69.0 Å². The largest absolute Gasteiger partial charge is 0.337 e. The molecular weight excluding hydrogens is 476 g/mol. The maximum absolute atomic E-state index is 12.3. The Morgan fingerprint density at radius 3 is 2.63 bits per heavy atom. The number of pyridine rings is 1. The fourth-order valence-corrected chi connectivity index (χ4v) is 4.14. The van der Waals surface area contributed by atoms with E-state index in [1.54, 1.807) is 4.68 Å². The zero-order valence-electron chi connectivity index (χ0n) is 15.2. The summed E-state index contributed by atoms with van der Waals surface area (Å²) in [6.07, 6.45) is 1.92. The van der Waals surface area contributed by atoms with Crippen molar-refractivity contribution < 1.29 is 4.79 Å². The molecule has 0 spiro atoms. The summed E-state index contributed by atoms with van der Waals surface area (Å²) in [5.74, 6) is 0.565. The van der Waals surface area contributed by atoms with Crippen LogP contribution < -0.4 is 16.2 Å². The van der Waals surface area contributed by atoms with E-state index in [0.717, 1.165) is 44.1 Å². The number of aromatic nitrogens is 3. The van der Waals surface area contributed by atoms with Gasteiger partial charge >= 0.3 is 6.03 Å². The van der Waals surface area contributed by atoms with Crippen LogP contribution in [0.1, 0.15) is 24.6 Å². The SMILES string of the molecule is CCCc1cc(NNC(=O)Nc2c(Br)cccc2Br)nc2c1c(C)nn2C. The van der Waals surface area contributed by atoms with Crippen molar-refractivity contribution in [2.75, 3.05) is 10.7 Å². The first kappa shape index (κ1) is 19.6. The fraction of sp³-hybridized carbons (Fsp3) is 0.278. The predicted octanol–water partition coefficient (Wildman–Crippen LogP) is 4.90. The smallest absolute Gasteiger partial charge is 0.304 e. The number of amides is 2. The maximum Gasteiger partial charge on any atom is 0.337 e. The average Bonchev–Trinajstić information content (AvgIpc) is 2.91. The minimum Gasteiger partial charge on any atom is -0.304 e. The molecule has 7 nitrogen and oxygen atoms in total. The molecule has 0 aliphatic rings. The second kappa shape index (κ2) is 8.26. The number of carbonyl (C=O) groups excluding carboxylic acids is 1. The molecule has 2 amide bonds. The average molecular weight is 496 g/mol. The number of urea groups is 1. The zero-order valence-corrected chi connectivity index (χ0v) is 18.4. The molecule has 3 N–H and O–H groups in total. The number of rotatable bonds is 5. The standard InChI is InChI=1S/C18H20Br2N6O/c1-4-6-11-9-14(21-17-15(11)10(2)25-26(17)3)23-24-18(27)22-16-12(19)7-5-8-13(16)20/h5,7-9H,4,6H2,1-3H3,(H,21,23)(H2,22,24,27). The lowest BCUT2D eigenvalue weighted by atomic mass is 10.1. The Kier molecular flexibility index (Phi) is 6.01. The predicted molar refractivity (Wildman–Crippen MR) is 115 cm³/mol. The molecule has 0 bridgehead atoms. The molecule has 0 unspecified atom stereocenters. The molecule has 2 heterocycles. The molecule has 0 fully saturated rings. The molecule has 0 atom stereocenters. The van der Waals surface area contributed by atoms with Crippen LogP contribution in [0.3, 0.4) is 0 Å². The quantitative estimate of drug-likeness (QED) is 0.439. The van der Waals surface area contributed by atoms with Gasteiger partial charge in [0.05, 0.1) is 11.4 Å². The lowest BCUT2D eigenvalue weighted by Crippen LogP contribution is -2.34. The highest BCUT2D eigenvalue weighted by atomic mass is 79.9. The van der Waals surface area contributed by atoms with E-state index in [4.69, 9.17) is 0 Å². The number of hydrogen-bond donors (Lipinski definition) is 3. The van der Waals surface area contributed by atoms with E-state index in [9.17, 15) is 4.79 Å². The van der Waals surface area contributed by atoms with Crippen molar-refractivity contribution in [2.45, 2.75) is 26.7 Å². The third-order valence-corrected chi connectivity index (χ3v) is 5.40. The molecule has 142 valence electrons. The summed E-state index contributed by atoms with van der Waals surface area (Å²) < 4.78 is 3.32. The van der Waals surface area contributed by atoms with Crippen LogP contribution in [0.2, 0.25) is 0 Å². The topological polar surface area (TPSA) is 83.9 Å². The van der Waals surface area contributed by atoms with Crippen LogP contribution in [0.25, 0.3) is 11.0 Å². The van der Waals surface area contributed by atoms with E-state index in [2.05, 4.69) is 65.0 Å². The first-order chi connectivity index (χ1) is 12.9. The van der Waals surface area contributed by atoms with E-state index < -0.39 is 6.03 Å². The summed E-state index contributed by atoms with van der Waals surface area (Å²) in [6, 6.07) is 7.13. The normalized spacial score (nSPS) is 10.9. The second-order valence-corrected chi connectivity index (χ2v) is 7.83. The number of hydrazine groups is 1. The number of para-hydroxylation sites is 1. The molecule has 3 rings (SSSR count). The monoisotopic (exact) mass is 494 g/mol. The van der Waals surface area contributed by atoms with Crippen LogP contribution in [0.15, 0.2) is 33.2 Å². The molecule has 0 radical (unpaired) electrons. The zero-order chi connectivity index (χ0) is 19.6. The van der Waals surface area contributed by atoms with E-state index in [-0.39, 0.29) is 0 Å². The summed E-state index contributed by atoms with van der Waals surface area (Å²) in [5, 5.41) is 8.33. The van der Waals surface area contributed by atoms with E-state index in [0.29, 0.717) is 11.5 Å². The van der Waals surface area contributed by atoms with Crippen molar-refractivity contribution >= 4 is 60.4 Å². The van der Waals surface area contributed by atoms with Gasteiger partial charge in [0.25, 0.3) is 0 Å². The van der Waals surface area contributed by atoms with Crippen molar-refractivity contribution in [3.8, 4) is 0 Å². The van der Waals surface area contributed by atoms with Gasteiger partial charge in [-0.2, -0.15) is 5.10 Å². The van der Waals surface area contributed by atoms with Gasteiger partial charge in [-0.15, -0.1) is 0 Å². The van der Waals surface area contributed by atoms with E-state index >= 15 is 0 Å². The number of fused-ring (bicyclic) bond motifs is 1. The Morgan fingerprint density at radius 2 is 1.96 bits per heavy atom. The van der Waals surface area contributed by atoms with Gasteiger partial charge in [-0.25, -0.2) is 9.78 Å². The van der Waals surface area contributed by atoms with Gasteiger partial charge in [0.15, 0.2) is 5.65 Å². The Labute approximate surface area is 174 Å². The van der Waals surface area contributed by atoms with E-state index in [1.807, 2.05) is 38.2 Å². The molecule has 2 aromatic heterocycles. The van der Waals surface area contributed by atoms with Gasteiger partial charge < -0.3 is 5.32 Å². The van der Waals surface area contributed by atoms with Crippen LogP contribution in [0.4, 0.5) is 16.3 Å². The number of carbonyl (C=O) groups is 1. The highest BCUT2D eigenvalue weighted by Gasteiger charge is 2.14. The first-order valence-electron chi connectivity index (χ1n) is 8.51. The van der Waals surface area contributed by atoms with Crippen LogP contribution in [-0.2, 0) is 13.5 Å². The number of anilines is 2. The molecule has 0 saturated heterocycles. The van der Waals surface area contributed by atoms with Gasteiger partial charge in [0.2, 0.25) is 0 Å². The van der Waals surface area contributed by atoms with Crippen LogP contribution in [-0.4, -0.2) is 20.8 Å². The molecule has 3 aromatic rings. The highest BCUT2D eigenvalue weighted by molar-refractivity contribution is 9.11. The van der Waals surface area contributed by atoms with Gasteiger partial charge in [-0.3, -0.25) is 15.5 Å². The molecule has 0 aliphatic heterocycles. The molecule has 0 aliphatic carbocycles. The molecule has 27 heavy (non-hydrogen) atoms. The Morgan fingerprint density at radius 1 is 1.26 bits per heavy atom. The first-order valence-corrected chi connectivity index (χ1v) is 10.1. The highest BCUT2D eigenvalue weighted by Crippen LogP contribution is 2.30. The second-order valence-electron chi connectivity index (χ2n) is 6.13. The van der Waals surface area contributed by atoms with Crippen LogP contribution >= 0.6 is 31.9 Å². The summed E-state index contributed by atoms with van der Waals surface area (Å²) in [4.78, 5) is 16.8. The van der Waals surface area contributed by atoms with Crippen molar-refractivity contribution in [1.82, 2.24) is 20.2 Å². The molecule has 9 heteroatoms. The summed E-state index contributed by atoms with van der Waals surface area (Å²) in [5.41, 5.74) is 9.07. The number of halogens is 2. The molecule has 1 aromatic carbocycles. The summed E-state index contributed by atoms with van der Waals surface area (Å²) in [6.45, 7) is 4.11. The lowest BCUT2D eigenvalue weighted by molar-refractivity contribution is 0.254. The third kappa shape index (κ3) is 4.24.